The topological polar surface area (TPSA) is 64.3 Å². The summed E-state index contributed by atoms with van der Waals surface area (Å²) >= 11 is 1.29. The third-order valence-corrected chi connectivity index (χ3v) is 4.14. The highest BCUT2D eigenvalue weighted by atomic mass is 32.1. The number of hydrogen-bond donors (Lipinski definition) is 1. The minimum atomic E-state index is -0.890. The van der Waals surface area contributed by atoms with Crippen molar-refractivity contribution < 1.29 is 9.90 Å². The van der Waals surface area contributed by atoms with Crippen molar-refractivity contribution >= 4 is 23.0 Å². The number of benzene rings is 1. The predicted octanol–water partition coefficient (Wildman–Crippen LogP) is 3.26. The second-order valence-electron chi connectivity index (χ2n) is 4.52. The zero-order valence-electron chi connectivity index (χ0n) is 11.3. The highest BCUT2D eigenvalue weighted by Gasteiger charge is 2.12. The van der Waals surface area contributed by atoms with Gasteiger partial charge < -0.3 is 10.0 Å². The van der Waals surface area contributed by atoms with E-state index in [9.17, 15) is 4.79 Å². The van der Waals surface area contributed by atoms with Gasteiger partial charge in [-0.2, -0.15) is 5.26 Å². The number of aromatic carboxylic acids is 1. The first-order valence-corrected chi connectivity index (χ1v) is 6.87. The number of carboxylic acid groups (broad SMARTS) is 1. The Balaban J connectivity index is 2.21. The minimum Gasteiger partial charge on any atom is -0.477 e. The number of anilines is 1. The van der Waals surface area contributed by atoms with Crippen LogP contribution in [0.5, 0.6) is 0 Å². The van der Waals surface area contributed by atoms with Crippen molar-refractivity contribution in [3.8, 4) is 6.07 Å². The first-order valence-electron chi connectivity index (χ1n) is 6.05. The maximum atomic E-state index is 11.0. The van der Waals surface area contributed by atoms with Crippen LogP contribution in [0.1, 0.15) is 25.7 Å². The van der Waals surface area contributed by atoms with Crippen LogP contribution in [0.2, 0.25) is 0 Å². The van der Waals surface area contributed by atoms with Crippen LogP contribution in [0.15, 0.2) is 30.3 Å². The van der Waals surface area contributed by atoms with E-state index in [0.717, 1.165) is 16.1 Å². The molecule has 0 aliphatic carbocycles. The van der Waals surface area contributed by atoms with Gasteiger partial charge in [-0.05, 0) is 36.8 Å². The Morgan fingerprint density at radius 3 is 2.80 bits per heavy atom. The smallest absolute Gasteiger partial charge is 0.345 e. The average molecular weight is 286 g/mol. The molecule has 1 N–H and O–H groups in total. The molecule has 0 fully saturated rings. The lowest BCUT2D eigenvalue weighted by Crippen LogP contribution is -2.16. The van der Waals surface area contributed by atoms with Crippen LogP contribution in [0, 0.1) is 18.3 Å². The number of carbonyl (C=O) groups is 1. The summed E-state index contributed by atoms with van der Waals surface area (Å²) in [5.74, 6) is -0.890. The monoisotopic (exact) mass is 286 g/mol. The Labute approximate surface area is 121 Å². The van der Waals surface area contributed by atoms with Gasteiger partial charge in [-0.25, -0.2) is 4.79 Å². The summed E-state index contributed by atoms with van der Waals surface area (Å²) in [6.45, 7) is 2.54. The van der Waals surface area contributed by atoms with Gasteiger partial charge in [-0.15, -0.1) is 11.3 Å². The lowest BCUT2D eigenvalue weighted by molar-refractivity contribution is 0.0702. The molecule has 0 aliphatic heterocycles. The molecule has 0 saturated carbocycles. The first kappa shape index (κ1) is 14.1. The molecule has 0 saturated heterocycles. The van der Waals surface area contributed by atoms with Crippen molar-refractivity contribution in [2.75, 3.05) is 11.9 Å². The van der Waals surface area contributed by atoms with E-state index in [2.05, 4.69) is 6.07 Å². The van der Waals surface area contributed by atoms with E-state index in [0.29, 0.717) is 17.0 Å². The van der Waals surface area contributed by atoms with E-state index in [1.165, 1.54) is 11.3 Å². The van der Waals surface area contributed by atoms with Gasteiger partial charge in [-0.3, -0.25) is 0 Å². The van der Waals surface area contributed by atoms with Crippen LogP contribution >= 0.6 is 11.3 Å². The Kier molecular flexibility index (Phi) is 4.06. The standard InChI is InChI=1S/C15H14N2O2S/c1-10-12(7-14(20-10)15(18)19)9-17(2)13-5-3-4-11(6-13)8-16/h3-7H,9H2,1-2H3,(H,18,19). The van der Waals surface area contributed by atoms with Crippen LogP contribution in [-0.4, -0.2) is 18.1 Å². The fourth-order valence-electron chi connectivity index (χ4n) is 1.94. The fourth-order valence-corrected chi connectivity index (χ4v) is 2.81. The van der Waals surface area contributed by atoms with Gasteiger partial charge in [0.2, 0.25) is 0 Å². The number of nitriles is 1. The maximum Gasteiger partial charge on any atom is 0.345 e. The van der Waals surface area contributed by atoms with Gasteiger partial charge in [0.1, 0.15) is 4.88 Å². The van der Waals surface area contributed by atoms with Crippen molar-refractivity contribution in [2.24, 2.45) is 0 Å². The van der Waals surface area contributed by atoms with Crippen LogP contribution < -0.4 is 4.90 Å². The molecule has 0 bridgehead atoms. The third-order valence-electron chi connectivity index (χ3n) is 3.05. The summed E-state index contributed by atoms with van der Waals surface area (Å²) in [6.07, 6.45) is 0. The van der Waals surface area contributed by atoms with Gasteiger partial charge >= 0.3 is 5.97 Å². The van der Waals surface area contributed by atoms with Gasteiger partial charge in [0.05, 0.1) is 11.6 Å². The molecule has 0 radical (unpaired) electrons. The summed E-state index contributed by atoms with van der Waals surface area (Å²) in [7, 11) is 1.92. The molecule has 102 valence electrons. The van der Waals surface area contributed by atoms with Crippen molar-refractivity contribution in [1.29, 1.82) is 5.26 Å². The zero-order chi connectivity index (χ0) is 14.7. The number of rotatable bonds is 4. The van der Waals surface area contributed by atoms with Crippen LogP contribution in [0.4, 0.5) is 5.69 Å². The van der Waals surface area contributed by atoms with Gasteiger partial charge in [0.15, 0.2) is 0 Å². The Morgan fingerprint density at radius 2 is 2.20 bits per heavy atom. The fraction of sp³-hybridized carbons (Fsp3) is 0.200. The SMILES string of the molecule is Cc1sc(C(=O)O)cc1CN(C)c1cccc(C#N)c1. The highest BCUT2D eigenvalue weighted by molar-refractivity contribution is 7.14. The molecule has 0 amide bonds. The molecule has 5 heteroatoms. The number of carboxylic acids is 1. The first-order chi connectivity index (χ1) is 9.51. The number of hydrogen-bond acceptors (Lipinski definition) is 4. The zero-order valence-corrected chi connectivity index (χ0v) is 12.1. The largest absolute Gasteiger partial charge is 0.477 e. The second kappa shape index (κ2) is 5.76. The second-order valence-corrected chi connectivity index (χ2v) is 5.77. The van der Waals surface area contributed by atoms with E-state index in [-0.39, 0.29) is 0 Å². The van der Waals surface area contributed by atoms with Gasteiger partial charge in [0.25, 0.3) is 0 Å². The van der Waals surface area contributed by atoms with E-state index < -0.39 is 5.97 Å². The molecule has 1 aromatic carbocycles. The highest BCUT2D eigenvalue weighted by Crippen LogP contribution is 2.25. The average Bonchev–Trinajstić information content (AvgIpc) is 2.80. The normalized spacial score (nSPS) is 10.1. The van der Waals surface area contributed by atoms with Crippen molar-refractivity contribution in [2.45, 2.75) is 13.5 Å². The summed E-state index contributed by atoms with van der Waals surface area (Å²) in [5.41, 5.74) is 2.55. The Hall–Kier alpha value is -2.32. The Bertz CT molecular complexity index is 685. The molecular formula is C15H14N2O2S. The summed E-state index contributed by atoms with van der Waals surface area (Å²) in [6, 6.07) is 11.2. The molecule has 4 nitrogen and oxygen atoms in total. The summed E-state index contributed by atoms with van der Waals surface area (Å²) in [4.78, 5) is 14.3. The molecule has 1 heterocycles. The third kappa shape index (κ3) is 2.98. The molecule has 20 heavy (non-hydrogen) atoms. The van der Waals surface area contributed by atoms with Crippen LogP contribution in [-0.2, 0) is 6.54 Å². The minimum absolute atomic E-state index is 0.358. The van der Waals surface area contributed by atoms with E-state index in [1.54, 1.807) is 12.1 Å². The summed E-state index contributed by atoms with van der Waals surface area (Å²) in [5, 5.41) is 17.9. The van der Waals surface area contributed by atoms with Crippen molar-refractivity contribution in [3.05, 3.63) is 51.2 Å². The van der Waals surface area contributed by atoms with Crippen LogP contribution in [0.25, 0.3) is 0 Å². The van der Waals surface area contributed by atoms with E-state index in [4.69, 9.17) is 10.4 Å². The molecular weight excluding hydrogens is 272 g/mol. The lowest BCUT2D eigenvalue weighted by Gasteiger charge is -2.19. The van der Waals surface area contributed by atoms with Crippen molar-refractivity contribution in [1.82, 2.24) is 0 Å². The molecule has 2 rings (SSSR count). The number of thiophene rings is 1. The number of nitrogens with zero attached hydrogens (tertiary/aromatic N) is 2. The lowest BCUT2D eigenvalue weighted by atomic mass is 10.2. The molecule has 1 aromatic heterocycles. The summed E-state index contributed by atoms with van der Waals surface area (Å²) < 4.78 is 0. The maximum absolute atomic E-state index is 11.0. The van der Waals surface area contributed by atoms with Crippen LogP contribution in [0.3, 0.4) is 0 Å². The molecule has 0 atom stereocenters. The Morgan fingerprint density at radius 1 is 1.45 bits per heavy atom. The van der Waals surface area contributed by atoms with Gasteiger partial charge in [0, 0.05) is 24.2 Å². The molecule has 0 unspecified atom stereocenters. The predicted molar refractivity (Wildman–Crippen MR) is 79.3 cm³/mol. The van der Waals surface area contributed by atoms with E-state index >= 15 is 0 Å². The molecule has 2 aromatic rings. The van der Waals surface area contributed by atoms with Gasteiger partial charge in [-0.1, -0.05) is 6.07 Å². The molecule has 0 aliphatic rings. The van der Waals surface area contributed by atoms with E-state index in [1.807, 2.05) is 37.1 Å². The quantitative estimate of drug-likeness (QED) is 0.937. The number of aryl methyl sites for hydroxylation is 1. The molecule has 0 spiro atoms. The van der Waals surface area contributed by atoms with Crippen molar-refractivity contribution in [3.63, 3.8) is 0 Å².